The van der Waals surface area contributed by atoms with Gasteiger partial charge in [-0.05, 0) is 42.2 Å². The number of nitrogens with zero attached hydrogens (tertiary/aromatic N) is 1. The van der Waals surface area contributed by atoms with Crippen LogP contribution in [0.15, 0.2) is 42.5 Å². The molecule has 0 N–H and O–H groups in total. The van der Waals surface area contributed by atoms with Gasteiger partial charge < -0.3 is 14.4 Å². The second-order valence-corrected chi connectivity index (χ2v) is 6.61. The molecule has 4 rings (SSSR count). The van der Waals surface area contributed by atoms with E-state index >= 15 is 0 Å². The molecule has 1 heterocycles. The fourth-order valence-electron chi connectivity index (χ4n) is 3.30. The molecule has 1 amide bonds. The topological polar surface area (TPSA) is 38.8 Å². The first kappa shape index (κ1) is 15.3. The number of carbonyl (C=O) groups is 1. The van der Waals surface area contributed by atoms with Crippen molar-refractivity contribution in [2.75, 3.05) is 25.2 Å². The summed E-state index contributed by atoms with van der Waals surface area (Å²) in [6.45, 7) is 1.09. The fraction of sp³-hybridized carbons (Fsp3) is 0.316. The SMILES string of the molecule is COc1ccc2c(c1)N(C(=O)C1CC1c1ccc(Cl)cc1)CCO2. The predicted molar refractivity (Wildman–Crippen MR) is 93.1 cm³/mol. The van der Waals surface area contributed by atoms with E-state index in [1.165, 1.54) is 5.56 Å². The van der Waals surface area contributed by atoms with Crippen molar-refractivity contribution in [1.82, 2.24) is 0 Å². The van der Waals surface area contributed by atoms with Crippen LogP contribution < -0.4 is 14.4 Å². The van der Waals surface area contributed by atoms with Crippen LogP contribution in [0.1, 0.15) is 17.9 Å². The number of halogens is 1. The molecule has 0 spiro atoms. The number of methoxy groups -OCH3 is 1. The van der Waals surface area contributed by atoms with E-state index in [-0.39, 0.29) is 17.7 Å². The van der Waals surface area contributed by atoms with Gasteiger partial charge >= 0.3 is 0 Å². The van der Waals surface area contributed by atoms with Crippen LogP contribution in [0.5, 0.6) is 11.5 Å². The Morgan fingerprint density at radius 2 is 2.04 bits per heavy atom. The summed E-state index contributed by atoms with van der Waals surface area (Å²) in [5, 5.41) is 0.719. The highest BCUT2D eigenvalue weighted by Crippen LogP contribution is 2.50. The van der Waals surface area contributed by atoms with Crippen LogP contribution in [0.25, 0.3) is 0 Å². The second-order valence-electron chi connectivity index (χ2n) is 6.17. The van der Waals surface area contributed by atoms with Crippen LogP contribution in [0.2, 0.25) is 5.02 Å². The number of ether oxygens (including phenoxy) is 2. The highest BCUT2D eigenvalue weighted by molar-refractivity contribution is 6.30. The average molecular weight is 344 g/mol. The molecule has 124 valence electrons. The third-order valence-corrected chi connectivity index (χ3v) is 4.95. The Kier molecular flexibility index (Phi) is 3.85. The first-order valence-corrected chi connectivity index (χ1v) is 8.43. The number of hydrogen-bond donors (Lipinski definition) is 0. The van der Waals surface area contributed by atoms with Crippen LogP contribution in [0.4, 0.5) is 5.69 Å². The van der Waals surface area contributed by atoms with Gasteiger partial charge in [-0.2, -0.15) is 0 Å². The van der Waals surface area contributed by atoms with Gasteiger partial charge in [-0.1, -0.05) is 23.7 Å². The van der Waals surface area contributed by atoms with E-state index < -0.39 is 0 Å². The number of carbonyl (C=O) groups excluding carboxylic acids is 1. The van der Waals surface area contributed by atoms with Crippen molar-refractivity contribution in [3.8, 4) is 11.5 Å². The lowest BCUT2D eigenvalue weighted by molar-refractivity contribution is -0.120. The van der Waals surface area contributed by atoms with Crippen molar-refractivity contribution < 1.29 is 14.3 Å². The Bertz CT molecular complexity index is 775. The first-order valence-electron chi connectivity index (χ1n) is 8.05. The Balaban J connectivity index is 1.55. The summed E-state index contributed by atoms with van der Waals surface area (Å²) in [6.07, 6.45) is 0.886. The predicted octanol–water partition coefficient (Wildman–Crippen LogP) is 3.88. The molecule has 2 unspecified atom stereocenters. The van der Waals surface area contributed by atoms with Crippen LogP contribution >= 0.6 is 11.6 Å². The normalized spacial score (nSPS) is 21.7. The van der Waals surface area contributed by atoms with Gasteiger partial charge in [0.2, 0.25) is 5.91 Å². The van der Waals surface area contributed by atoms with E-state index in [9.17, 15) is 4.79 Å². The maximum atomic E-state index is 13.0. The van der Waals surface area contributed by atoms with Gasteiger partial charge in [0, 0.05) is 17.0 Å². The second kappa shape index (κ2) is 6.02. The summed E-state index contributed by atoms with van der Waals surface area (Å²) in [6, 6.07) is 13.4. The van der Waals surface area contributed by atoms with Crippen molar-refractivity contribution in [1.29, 1.82) is 0 Å². The Morgan fingerprint density at radius 3 is 2.79 bits per heavy atom. The summed E-state index contributed by atoms with van der Waals surface area (Å²) in [4.78, 5) is 14.8. The van der Waals surface area contributed by atoms with Crippen molar-refractivity contribution in [3.63, 3.8) is 0 Å². The maximum Gasteiger partial charge on any atom is 0.230 e. The van der Waals surface area contributed by atoms with Gasteiger partial charge in [-0.3, -0.25) is 4.79 Å². The van der Waals surface area contributed by atoms with Crippen molar-refractivity contribution in [2.45, 2.75) is 12.3 Å². The van der Waals surface area contributed by atoms with Gasteiger partial charge in [0.15, 0.2) is 0 Å². The van der Waals surface area contributed by atoms with Crippen LogP contribution in [-0.2, 0) is 4.79 Å². The summed E-state index contributed by atoms with van der Waals surface area (Å²) < 4.78 is 10.9. The van der Waals surface area contributed by atoms with Crippen molar-refractivity contribution >= 4 is 23.2 Å². The lowest BCUT2D eigenvalue weighted by Crippen LogP contribution is -2.39. The molecule has 0 bridgehead atoms. The highest BCUT2D eigenvalue weighted by Gasteiger charge is 2.46. The number of fused-ring (bicyclic) bond motifs is 1. The summed E-state index contributed by atoms with van der Waals surface area (Å²) in [5.41, 5.74) is 1.98. The Labute approximate surface area is 145 Å². The number of anilines is 1. The highest BCUT2D eigenvalue weighted by atomic mass is 35.5. The molecule has 1 saturated carbocycles. The third-order valence-electron chi connectivity index (χ3n) is 4.70. The Morgan fingerprint density at radius 1 is 1.25 bits per heavy atom. The quantitative estimate of drug-likeness (QED) is 0.849. The van der Waals surface area contributed by atoms with Gasteiger partial charge in [0.05, 0.1) is 19.3 Å². The summed E-state index contributed by atoms with van der Waals surface area (Å²) in [7, 11) is 1.62. The summed E-state index contributed by atoms with van der Waals surface area (Å²) >= 11 is 5.94. The van der Waals surface area contributed by atoms with Crippen LogP contribution in [0.3, 0.4) is 0 Å². The molecular weight excluding hydrogens is 326 g/mol. The zero-order chi connectivity index (χ0) is 16.7. The molecule has 1 aliphatic heterocycles. The number of rotatable bonds is 3. The lowest BCUT2D eigenvalue weighted by Gasteiger charge is -2.30. The van der Waals surface area contributed by atoms with E-state index in [1.807, 2.05) is 47.4 Å². The molecule has 0 saturated heterocycles. The monoisotopic (exact) mass is 343 g/mol. The molecular formula is C19H18ClNO3. The zero-order valence-electron chi connectivity index (χ0n) is 13.4. The van der Waals surface area contributed by atoms with E-state index in [4.69, 9.17) is 21.1 Å². The molecule has 2 aromatic carbocycles. The molecule has 5 heteroatoms. The minimum absolute atomic E-state index is 0.0309. The standard InChI is InChI=1S/C19H18ClNO3/c1-23-14-6-7-18-17(10-14)21(8-9-24-18)19(22)16-11-15(16)12-2-4-13(20)5-3-12/h2-7,10,15-16H,8-9,11H2,1H3. The maximum absolute atomic E-state index is 13.0. The largest absolute Gasteiger partial charge is 0.497 e. The average Bonchev–Trinajstić information content (AvgIpc) is 3.41. The minimum atomic E-state index is 0.0309. The molecule has 1 fully saturated rings. The molecule has 24 heavy (non-hydrogen) atoms. The van der Waals surface area contributed by atoms with E-state index in [1.54, 1.807) is 7.11 Å². The fourth-order valence-corrected chi connectivity index (χ4v) is 3.43. The van der Waals surface area contributed by atoms with Crippen molar-refractivity contribution in [3.05, 3.63) is 53.1 Å². The van der Waals surface area contributed by atoms with E-state index in [2.05, 4.69) is 0 Å². The number of hydrogen-bond acceptors (Lipinski definition) is 3. The smallest absolute Gasteiger partial charge is 0.230 e. The molecule has 2 aliphatic rings. The van der Waals surface area contributed by atoms with E-state index in [0.29, 0.717) is 13.2 Å². The lowest BCUT2D eigenvalue weighted by atomic mass is 10.1. The number of amides is 1. The van der Waals surface area contributed by atoms with Crippen LogP contribution in [0, 0.1) is 5.92 Å². The van der Waals surface area contributed by atoms with Crippen molar-refractivity contribution in [2.24, 2.45) is 5.92 Å². The van der Waals surface area contributed by atoms with Gasteiger partial charge in [-0.15, -0.1) is 0 Å². The zero-order valence-corrected chi connectivity index (χ0v) is 14.1. The Hall–Kier alpha value is -2.20. The van der Waals surface area contributed by atoms with Crippen LogP contribution in [-0.4, -0.2) is 26.2 Å². The third kappa shape index (κ3) is 2.71. The molecule has 4 nitrogen and oxygen atoms in total. The van der Waals surface area contributed by atoms with Gasteiger partial charge in [0.25, 0.3) is 0 Å². The molecule has 0 radical (unpaired) electrons. The first-order chi connectivity index (χ1) is 11.7. The molecule has 2 aromatic rings. The van der Waals surface area contributed by atoms with Gasteiger partial charge in [0.1, 0.15) is 18.1 Å². The molecule has 0 aromatic heterocycles. The minimum Gasteiger partial charge on any atom is -0.497 e. The molecule has 2 atom stereocenters. The summed E-state index contributed by atoms with van der Waals surface area (Å²) in [5.74, 6) is 1.93. The molecule has 1 aliphatic carbocycles. The number of benzene rings is 2. The van der Waals surface area contributed by atoms with Gasteiger partial charge in [-0.25, -0.2) is 0 Å². The van der Waals surface area contributed by atoms with E-state index in [0.717, 1.165) is 28.6 Å².